The van der Waals surface area contributed by atoms with Crippen LogP contribution in [-0.4, -0.2) is 38.8 Å². The van der Waals surface area contributed by atoms with Crippen LogP contribution in [0.2, 0.25) is 0 Å². The maximum atomic E-state index is 13.5. The largest absolute Gasteiger partial charge is 0.496 e. The Kier molecular flexibility index (Phi) is 4.58. The standard InChI is InChI=1S/C21H20N2O3S/c1-26-19-11-12-20(18-10-6-5-9-17(18)19)27(24,25)23-14-13-22-21(23)15-16-7-3-2-4-8-16/h2-12H,13-15H2,1H3. The van der Waals surface area contributed by atoms with Gasteiger partial charge in [-0.1, -0.05) is 54.6 Å². The van der Waals surface area contributed by atoms with Crippen molar-refractivity contribution in [3.8, 4) is 5.75 Å². The third kappa shape index (κ3) is 3.17. The van der Waals surface area contributed by atoms with E-state index in [1.807, 2.05) is 54.6 Å². The molecule has 0 spiro atoms. The molecule has 0 saturated heterocycles. The topological polar surface area (TPSA) is 59.0 Å². The summed E-state index contributed by atoms with van der Waals surface area (Å²) in [6.07, 6.45) is 0.494. The molecule has 3 aromatic carbocycles. The van der Waals surface area contributed by atoms with Gasteiger partial charge in [-0.05, 0) is 17.7 Å². The summed E-state index contributed by atoms with van der Waals surface area (Å²) >= 11 is 0. The van der Waals surface area contributed by atoms with Crippen molar-refractivity contribution in [3.63, 3.8) is 0 Å². The molecule has 5 nitrogen and oxygen atoms in total. The third-order valence-corrected chi connectivity index (χ3v) is 6.61. The first-order valence-electron chi connectivity index (χ1n) is 8.77. The van der Waals surface area contributed by atoms with Gasteiger partial charge in [0.2, 0.25) is 0 Å². The number of sulfonamides is 1. The van der Waals surface area contributed by atoms with Gasteiger partial charge in [0.25, 0.3) is 10.0 Å². The van der Waals surface area contributed by atoms with Crippen molar-refractivity contribution in [2.24, 2.45) is 4.99 Å². The Hall–Kier alpha value is -2.86. The van der Waals surface area contributed by atoms with Crippen LogP contribution in [0.5, 0.6) is 5.75 Å². The van der Waals surface area contributed by atoms with Crippen LogP contribution in [0.1, 0.15) is 5.56 Å². The van der Waals surface area contributed by atoms with Crippen molar-refractivity contribution >= 4 is 26.6 Å². The monoisotopic (exact) mass is 380 g/mol. The highest BCUT2D eigenvalue weighted by Crippen LogP contribution is 2.33. The second-order valence-electron chi connectivity index (χ2n) is 6.35. The molecule has 0 radical (unpaired) electrons. The van der Waals surface area contributed by atoms with Crippen molar-refractivity contribution in [1.82, 2.24) is 4.31 Å². The zero-order chi connectivity index (χ0) is 18.9. The van der Waals surface area contributed by atoms with Crippen molar-refractivity contribution in [1.29, 1.82) is 0 Å². The number of hydrogen-bond acceptors (Lipinski definition) is 4. The van der Waals surface area contributed by atoms with Crippen LogP contribution in [-0.2, 0) is 16.4 Å². The van der Waals surface area contributed by atoms with Crippen LogP contribution in [0.15, 0.2) is 76.6 Å². The second kappa shape index (κ2) is 7.04. The molecule has 0 bridgehead atoms. The van der Waals surface area contributed by atoms with E-state index in [2.05, 4.69) is 4.99 Å². The summed E-state index contributed by atoms with van der Waals surface area (Å²) < 4.78 is 33.7. The van der Waals surface area contributed by atoms with Crippen molar-refractivity contribution in [2.75, 3.05) is 20.2 Å². The second-order valence-corrected chi connectivity index (χ2v) is 8.18. The molecule has 1 aliphatic heterocycles. The number of hydrogen-bond donors (Lipinski definition) is 0. The molecule has 0 amide bonds. The number of fused-ring (bicyclic) bond motifs is 1. The van der Waals surface area contributed by atoms with Crippen LogP contribution < -0.4 is 4.74 Å². The van der Waals surface area contributed by atoms with Gasteiger partial charge < -0.3 is 4.74 Å². The minimum atomic E-state index is -3.71. The van der Waals surface area contributed by atoms with E-state index in [0.29, 0.717) is 36.5 Å². The smallest absolute Gasteiger partial charge is 0.265 e. The summed E-state index contributed by atoms with van der Waals surface area (Å²) in [5.74, 6) is 1.24. The maximum Gasteiger partial charge on any atom is 0.265 e. The van der Waals surface area contributed by atoms with Gasteiger partial charge in [-0.2, -0.15) is 0 Å². The van der Waals surface area contributed by atoms with E-state index in [0.717, 1.165) is 10.9 Å². The minimum Gasteiger partial charge on any atom is -0.496 e. The molecule has 0 aromatic heterocycles. The zero-order valence-corrected chi connectivity index (χ0v) is 15.8. The lowest BCUT2D eigenvalue weighted by molar-refractivity contribution is 0.419. The predicted octanol–water partition coefficient (Wildman–Crippen LogP) is 3.49. The van der Waals surface area contributed by atoms with E-state index in [1.165, 1.54) is 4.31 Å². The third-order valence-electron chi connectivity index (χ3n) is 4.72. The lowest BCUT2D eigenvalue weighted by Crippen LogP contribution is -2.35. The van der Waals surface area contributed by atoms with E-state index in [9.17, 15) is 8.42 Å². The van der Waals surface area contributed by atoms with Gasteiger partial charge in [0.15, 0.2) is 0 Å². The molecule has 3 aromatic rings. The molecule has 0 N–H and O–H groups in total. The van der Waals surface area contributed by atoms with Crippen LogP contribution >= 0.6 is 0 Å². The predicted molar refractivity (Wildman–Crippen MR) is 107 cm³/mol. The van der Waals surface area contributed by atoms with Crippen molar-refractivity contribution in [2.45, 2.75) is 11.3 Å². The zero-order valence-electron chi connectivity index (χ0n) is 15.0. The van der Waals surface area contributed by atoms with Gasteiger partial charge in [-0.25, -0.2) is 8.42 Å². The minimum absolute atomic E-state index is 0.279. The molecule has 6 heteroatoms. The fourth-order valence-corrected chi connectivity index (χ4v) is 5.08. The maximum absolute atomic E-state index is 13.5. The molecule has 0 fully saturated rings. The molecule has 4 rings (SSSR count). The van der Waals surface area contributed by atoms with E-state index in [-0.39, 0.29) is 4.90 Å². The lowest BCUT2D eigenvalue weighted by Gasteiger charge is -2.22. The normalized spacial score (nSPS) is 14.4. The van der Waals surface area contributed by atoms with Crippen molar-refractivity contribution < 1.29 is 13.2 Å². The summed E-state index contributed by atoms with van der Waals surface area (Å²) in [6, 6.07) is 20.5. The Bertz CT molecular complexity index is 1110. The van der Waals surface area contributed by atoms with E-state index in [4.69, 9.17) is 4.74 Å². The molecular formula is C21H20N2O3S. The molecule has 0 saturated carbocycles. The average molecular weight is 380 g/mol. The quantitative estimate of drug-likeness (QED) is 0.681. The Morgan fingerprint density at radius 3 is 2.41 bits per heavy atom. The molecule has 1 heterocycles. The summed E-state index contributed by atoms with van der Waals surface area (Å²) in [7, 11) is -2.13. The lowest BCUT2D eigenvalue weighted by atomic mass is 10.1. The fraction of sp³-hybridized carbons (Fsp3) is 0.190. The molecule has 0 unspecified atom stereocenters. The molecule has 0 aliphatic carbocycles. The highest BCUT2D eigenvalue weighted by molar-refractivity contribution is 7.90. The van der Waals surface area contributed by atoms with Crippen LogP contribution in [0.4, 0.5) is 0 Å². The SMILES string of the molecule is COc1ccc(S(=O)(=O)N2CCN=C2Cc2ccccc2)c2ccccc12. The first-order valence-corrected chi connectivity index (χ1v) is 10.2. The molecule has 27 heavy (non-hydrogen) atoms. The Morgan fingerprint density at radius 2 is 1.67 bits per heavy atom. The highest BCUT2D eigenvalue weighted by Gasteiger charge is 2.32. The summed E-state index contributed by atoms with van der Waals surface area (Å²) in [4.78, 5) is 4.74. The van der Waals surface area contributed by atoms with E-state index >= 15 is 0 Å². The number of ether oxygens (including phenoxy) is 1. The van der Waals surface area contributed by atoms with Crippen molar-refractivity contribution in [3.05, 3.63) is 72.3 Å². The van der Waals surface area contributed by atoms with Gasteiger partial charge in [-0.3, -0.25) is 9.30 Å². The molecule has 1 aliphatic rings. The highest BCUT2D eigenvalue weighted by atomic mass is 32.2. The van der Waals surface area contributed by atoms with Crippen LogP contribution in [0.25, 0.3) is 10.8 Å². The fourth-order valence-electron chi connectivity index (χ4n) is 3.42. The Morgan fingerprint density at radius 1 is 0.963 bits per heavy atom. The van der Waals surface area contributed by atoms with E-state index < -0.39 is 10.0 Å². The van der Waals surface area contributed by atoms with Crippen LogP contribution in [0.3, 0.4) is 0 Å². The number of nitrogens with zero attached hydrogens (tertiary/aromatic N) is 2. The van der Waals surface area contributed by atoms with Gasteiger partial charge >= 0.3 is 0 Å². The summed E-state index contributed by atoms with van der Waals surface area (Å²) in [5.41, 5.74) is 1.04. The first kappa shape index (κ1) is 17.5. The number of amidine groups is 1. The van der Waals surface area contributed by atoms with Gasteiger partial charge in [0, 0.05) is 17.2 Å². The molecular weight excluding hydrogens is 360 g/mol. The Labute approximate surface area is 159 Å². The van der Waals surface area contributed by atoms with Gasteiger partial charge in [-0.15, -0.1) is 0 Å². The van der Waals surface area contributed by atoms with E-state index in [1.54, 1.807) is 19.2 Å². The van der Waals surface area contributed by atoms with Gasteiger partial charge in [0.1, 0.15) is 11.6 Å². The summed E-state index contributed by atoms with van der Waals surface area (Å²) in [5, 5.41) is 1.43. The number of benzene rings is 3. The number of rotatable bonds is 5. The number of aliphatic imine (C=N–C) groups is 1. The molecule has 0 atom stereocenters. The average Bonchev–Trinajstić information content (AvgIpc) is 3.17. The Balaban J connectivity index is 1.76. The molecule has 138 valence electrons. The first-order chi connectivity index (χ1) is 13.1. The van der Waals surface area contributed by atoms with Gasteiger partial charge in [0.05, 0.1) is 25.1 Å². The summed E-state index contributed by atoms with van der Waals surface area (Å²) in [6.45, 7) is 0.848. The van der Waals surface area contributed by atoms with Crippen LogP contribution in [0, 0.1) is 0 Å². The number of methoxy groups -OCH3 is 1.